The maximum atomic E-state index is 11.8. The summed E-state index contributed by atoms with van der Waals surface area (Å²) in [6.45, 7) is 10.1. The number of methoxy groups -OCH3 is 1. The van der Waals surface area contributed by atoms with Crippen LogP contribution in [0.4, 0.5) is 0 Å². The fourth-order valence-electron chi connectivity index (χ4n) is 2.92. The SMILES string of the molecule is COC(C)C(=O)NC1C(C)(C)C(N)C1(C)C. The number of hydrogen-bond acceptors (Lipinski definition) is 3. The van der Waals surface area contributed by atoms with Gasteiger partial charge in [0.2, 0.25) is 5.91 Å². The molecule has 4 heteroatoms. The molecule has 1 unspecified atom stereocenters. The van der Waals surface area contributed by atoms with Gasteiger partial charge in [-0.15, -0.1) is 0 Å². The molecule has 0 spiro atoms. The average molecular weight is 228 g/mol. The maximum absolute atomic E-state index is 11.8. The number of ether oxygens (including phenoxy) is 1. The number of rotatable bonds is 3. The summed E-state index contributed by atoms with van der Waals surface area (Å²) in [7, 11) is 1.53. The van der Waals surface area contributed by atoms with Gasteiger partial charge in [0.1, 0.15) is 6.10 Å². The minimum absolute atomic E-state index is 0.0629. The van der Waals surface area contributed by atoms with E-state index in [4.69, 9.17) is 10.5 Å². The van der Waals surface area contributed by atoms with Crippen LogP contribution in [0, 0.1) is 10.8 Å². The van der Waals surface area contributed by atoms with Crippen molar-refractivity contribution >= 4 is 5.91 Å². The fraction of sp³-hybridized carbons (Fsp3) is 0.917. The molecule has 1 aliphatic carbocycles. The van der Waals surface area contributed by atoms with Crippen LogP contribution >= 0.6 is 0 Å². The van der Waals surface area contributed by atoms with Gasteiger partial charge in [-0.1, -0.05) is 27.7 Å². The van der Waals surface area contributed by atoms with Crippen molar-refractivity contribution in [3.63, 3.8) is 0 Å². The van der Waals surface area contributed by atoms with Gasteiger partial charge in [-0.25, -0.2) is 0 Å². The molecule has 1 aliphatic rings. The first kappa shape index (κ1) is 13.5. The van der Waals surface area contributed by atoms with Crippen LogP contribution < -0.4 is 11.1 Å². The number of carbonyl (C=O) groups excluding carboxylic acids is 1. The number of carbonyl (C=O) groups is 1. The predicted molar refractivity (Wildman–Crippen MR) is 63.9 cm³/mol. The van der Waals surface area contributed by atoms with E-state index in [2.05, 4.69) is 33.0 Å². The number of nitrogens with one attached hydrogen (secondary N) is 1. The summed E-state index contributed by atoms with van der Waals surface area (Å²) in [4.78, 5) is 11.8. The van der Waals surface area contributed by atoms with Gasteiger partial charge in [0.15, 0.2) is 0 Å². The topological polar surface area (TPSA) is 64.3 Å². The van der Waals surface area contributed by atoms with Crippen LogP contribution in [-0.2, 0) is 9.53 Å². The fourth-order valence-corrected chi connectivity index (χ4v) is 2.92. The van der Waals surface area contributed by atoms with Gasteiger partial charge in [-0.2, -0.15) is 0 Å². The molecule has 4 nitrogen and oxygen atoms in total. The molecule has 94 valence electrons. The molecular weight excluding hydrogens is 204 g/mol. The molecule has 0 saturated heterocycles. The molecule has 1 rings (SSSR count). The lowest BCUT2D eigenvalue weighted by Crippen LogP contribution is -2.76. The van der Waals surface area contributed by atoms with Crippen molar-refractivity contribution in [2.24, 2.45) is 16.6 Å². The molecule has 1 saturated carbocycles. The molecule has 0 aliphatic heterocycles. The van der Waals surface area contributed by atoms with Gasteiger partial charge < -0.3 is 15.8 Å². The zero-order chi connectivity index (χ0) is 12.7. The second kappa shape index (κ2) is 4.00. The highest BCUT2D eigenvalue weighted by Crippen LogP contribution is 2.52. The molecule has 1 amide bonds. The lowest BCUT2D eigenvalue weighted by Gasteiger charge is -2.63. The minimum Gasteiger partial charge on any atom is -0.372 e. The molecule has 0 bridgehead atoms. The summed E-state index contributed by atoms with van der Waals surface area (Å²) in [6, 6.07) is 0.197. The molecule has 3 N–H and O–H groups in total. The van der Waals surface area contributed by atoms with Crippen LogP contribution in [-0.4, -0.2) is 31.2 Å². The smallest absolute Gasteiger partial charge is 0.249 e. The summed E-state index contributed by atoms with van der Waals surface area (Å²) >= 11 is 0. The van der Waals surface area contributed by atoms with Crippen LogP contribution in [0.1, 0.15) is 34.6 Å². The molecule has 1 atom stereocenters. The Bertz CT molecular complexity index is 271. The Morgan fingerprint density at radius 2 is 1.75 bits per heavy atom. The van der Waals surface area contributed by atoms with Gasteiger partial charge in [-0.05, 0) is 6.92 Å². The van der Waals surface area contributed by atoms with E-state index in [1.807, 2.05) is 0 Å². The van der Waals surface area contributed by atoms with Gasteiger partial charge in [0.25, 0.3) is 0 Å². The molecule has 0 aromatic rings. The Morgan fingerprint density at radius 3 is 2.12 bits per heavy atom. The van der Waals surface area contributed by atoms with Crippen LogP contribution in [0.2, 0.25) is 0 Å². The van der Waals surface area contributed by atoms with Crippen molar-refractivity contribution in [1.82, 2.24) is 5.32 Å². The Hall–Kier alpha value is -0.610. The van der Waals surface area contributed by atoms with Crippen LogP contribution in [0.15, 0.2) is 0 Å². The van der Waals surface area contributed by atoms with Gasteiger partial charge >= 0.3 is 0 Å². The Labute approximate surface area is 97.9 Å². The van der Waals surface area contributed by atoms with Crippen LogP contribution in [0.5, 0.6) is 0 Å². The van der Waals surface area contributed by atoms with Crippen molar-refractivity contribution in [2.45, 2.75) is 52.8 Å². The van der Waals surface area contributed by atoms with E-state index in [0.717, 1.165) is 0 Å². The summed E-state index contributed by atoms with van der Waals surface area (Å²) < 4.78 is 5.00. The van der Waals surface area contributed by atoms with Crippen molar-refractivity contribution in [3.05, 3.63) is 0 Å². The van der Waals surface area contributed by atoms with E-state index in [1.165, 1.54) is 7.11 Å². The first-order valence-electron chi connectivity index (χ1n) is 5.74. The standard InChI is InChI=1S/C12H24N2O2/c1-7(16-6)8(15)14-10-11(2,3)9(13)12(10,4)5/h7,9-10H,13H2,1-6H3,(H,14,15). The van der Waals surface area contributed by atoms with Gasteiger partial charge in [-0.3, -0.25) is 4.79 Å². The second-order valence-corrected chi connectivity index (χ2v) is 5.94. The van der Waals surface area contributed by atoms with Crippen LogP contribution in [0.3, 0.4) is 0 Å². The van der Waals surface area contributed by atoms with E-state index in [0.29, 0.717) is 0 Å². The van der Waals surface area contributed by atoms with Crippen LogP contribution in [0.25, 0.3) is 0 Å². The maximum Gasteiger partial charge on any atom is 0.249 e. The summed E-state index contributed by atoms with van der Waals surface area (Å²) in [5.41, 5.74) is 6.00. The van der Waals surface area contributed by atoms with E-state index < -0.39 is 6.10 Å². The highest BCUT2D eigenvalue weighted by atomic mass is 16.5. The first-order chi connectivity index (χ1) is 7.15. The van der Waals surface area contributed by atoms with E-state index in [1.54, 1.807) is 6.92 Å². The van der Waals surface area contributed by atoms with Gasteiger partial charge in [0, 0.05) is 30.0 Å². The largest absolute Gasteiger partial charge is 0.372 e. The quantitative estimate of drug-likeness (QED) is 0.754. The second-order valence-electron chi connectivity index (χ2n) is 5.94. The summed E-state index contributed by atoms with van der Waals surface area (Å²) in [5.74, 6) is -0.0689. The minimum atomic E-state index is -0.413. The van der Waals surface area contributed by atoms with E-state index >= 15 is 0 Å². The molecule has 1 fully saturated rings. The first-order valence-corrected chi connectivity index (χ1v) is 5.74. The third-order valence-corrected chi connectivity index (χ3v) is 4.10. The third-order valence-electron chi connectivity index (χ3n) is 4.10. The number of hydrogen-bond donors (Lipinski definition) is 2. The molecule has 0 aromatic carbocycles. The summed E-state index contributed by atoms with van der Waals surface area (Å²) in [6.07, 6.45) is -0.413. The predicted octanol–water partition coefficient (Wildman–Crippen LogP) is 0.899. The summed E-state index contributed by atoms with van der Waals surface area (Å²) in [5, 5.41) is 3.03. The van der Waals surface area contributed by atoms with Gasteiger partial charge in [0.05, 0.1) is 0 Å². The zero-order valence-corrected chi connectivity index (χ0v) is 11.1. The molecule has 0 radical (unpaired) electrons. The Balaban J connectivity index is 2.71. The zero-order valence-electron chi connectivity index (χ0n) is 11.1. The van der Waals surface area contributed by atoms with Crippen molar-refractivity contribution < 1.29 is 9.53 Å². The highest BCUT2D eigenvalue weighted by Gasteiger charge is 2.60. The number of nitrogens with two attached hydrogens (primary N) is 1. The molecule has 0 heterocycles. The Morgan fingerprint density at radius 1 is 1.31 bits per heavy atom. The van der Waals surface area contributed by atoms with E-state index in [-0.39, 0.29) is 28.8 Å². The lowest BCUT2D eigenvalue weighted by atomic mass is 9.48. The molecule has 16 heavy (non-hydrogen) atoms. The van der Waals surface area contributed by atoms with Crippen molar-refractivity contribution in [3.8, 4) is 0 Å². The van der Waals surface area contributed by atoms with Crippen molar-refractivity contribution in [2.75, 3.05) is 7.11 Å². The highest BCUT2D eigenvalue weighted by molar-refractivity contribution is 5.81. The van der Waals surface area contributed by atoms with Crippen molar-refractivity contribution in [1.29, 1.82) is 0 Å². The van der Waals surface area contributed by atoms with E-state index in [9.17, 15) is 4.79 Å². The monoisotopic (exact) mass is 228 g/mol. The average Bonchev–Trinajstić information content (AvgIpc) is 2.22. The normalized spacial score (nSPS) is 32.7. The molecular formula is C12H24N2O2. The molecule has 0 aromatic heterocycles. The third kappa shape index (κ3) is 1.84. The lowest BCUT2D eigenvalue weighted by molar-refractivity contribution is -0.140. The Kier molecular flexibility index (Phi) is 3.37. The number of amides is 1.